The summed E-state index contributed by atoms with van der Waals surface area (Å²) in [5, 5.41) is 10.1. The van der Waals surface area contributed by atoms with Crippen molar-refractivity contribution < 1.29 is 17.9 Å². The van der Waals surface area contributed by atoms with Gasteiger partial charge in [-0.05, 0) is 25.1 Å². The Hall–Kier alpha value is -1.91. The number of nitrogens with zero attached hydrogens (tertiary/aromatic N) is 1. The molecule has 0 fully saturated rings. The molecular formula is C13H16N2O4S. The Morgan fingerprint density at radius 1 is 1.50 bits per heavy atom. The molecule has 0 heterocycles. The zero-order valence-electron chi connectivity index (χ0n) is 11.3. The number of carbonyl (C=O) groups excluding carboxylic acids is 1. The Morgan fingerprint density at radius 2 is 2.20 bits per heavy atom. The minimum atomic E-state index is -3.56. The first-order chi connectivity index (χ1) is 9.40. The van der Waals surface area contributed by atoms with Gasteiger partial charge in [0.15, 0.2) is 9.84 Å². The van der Waals surface area contributed by atoms with Crippen LogP contribution in [0.25, 0.3) is 0 Å². The minimum Gasteiger partial charge on any atom is -0.384 e. The lowest BCUT2D eigenvalue weighted by Gasteiger charge is -2.13. The van der Waals surface area contributed by atoms with Gasteiger partial charge in [-0.25, -0.2) is 8.42 Å². The number of hydrogen-bond acceptors (Lipinski definition) is 5. The molecule has 1 aromatic rings. The van der Waals surface area contributed by atoms with E-state index >= 15 is 0 Å². The third-order valence-electron chi connectivity index (χ3n) is 2.74. The summed E-state index contributed by atoms with van der Waals surface area (Å²) in [5.74, 6) is -0.841. The molecule has 0 bridgehead atoms. The second-order valence-corrected chi connectivity index (χ2v) is 6.62. The molecule has 1 aromatic carbocycles. The molecule has 0 saturated heterocycles. The summed E-state index contributed by atoms with van der Waals surface area (Å²) < 4.78 is 28.4. The fourth-order valence-electron chi connectivity index (χ4n) is 1.45. The van der Waals surface area contributed by atoms with Crippen LogP contribution >= 0.6 is 0 Å². The third kappa shape index (κ3) is 4.33. The van der Waals surface area contributed by atoms with Gasteiger partial charge in [0.05, 0.1) is 24.0 Å². The molecule has 108 valence electrons. The molecule has 7 heteroatoms. The molecule has 1 atom stereocenters. The minimum absolute atomic E-state index is 0.0455. The highest BCUT2D eigenvalue weighted by Crippen LogP contribution is 2.12. The molecule has 1 amide bonds. The molecule has 0 saturated carbocycles. The molecule has 0 aliphatic heterocycles. The molecule has 0 spiro atoms. The number of nitrogens with one attached hydrogen (secondary N) is 1. The van der Waals surface area contributed by atoms with Gasteiger partial charge in [0.25, 0.3) is 0 Å². The Kier molecular flexibility index (Phi) is 5.67. The maximum Gasteiger partial charge on any atom is 0.242 e. The van der Waals surface area contributed by atoms with Crippen molar-refractivity contribution >= 4 is 21.4 Å². The van der Waals surface area contributed by atoms with Crippen molar-refractivity contribution in [2.45, 2.75) is 12.2 Å². The second-order valence-electron chi connectivity index (χ2n) is 4.18. The average molecular weight is 296 g/mol. The molecule has 0 aromatic heterocycles. The summed E-state index contributed by atoms with van der Waals surface area (Å²) >= 11 is 0. The van der Waals surface area contributed by atoms with Gasteiger partial charge in [0.2, 0.25) is 5.91 Å². The second kappa shape index (κ2) is 7.03. The molecule has 6 nitrogen and oxygen atoms in total. The van der Waals surface area contributed by atoms with Gasteiger partial charge in [-0.3, -0.25) is 4.79 Å². The highest BCUT2D eigenvalue weighted by atomic mass is 32.2. The van der Waals surface area contributed by atoms with Crippen LogP contribution < -0.4 is 5.32 Å². The van der Waals surface area contributed by atoms with Gasteiger partial charge in [-0.2, -0.15) is 5.26 Å². The van der Waals surface area contributed by atoms with Crippen molar-refractivity contribution in [1.29, 1.82) is 5.26 Å². The number of sulfone groups is 1. The monoisotopic (exact) mass is 296 g/mol. The van der Waals surface area contributed by atoms with Crippen LogP contribution in [0.2, 0.25) is 0 Å². The summed E-state index contributed by atoms with van der Waals surface area (Å²) in [6.45, 7) is 1.37. The van der Waals surface area contributed by atoms with Crippen molar-refractivity contribution in [2.75, 3.05) is 24.8 Å². The number of hydrogen-bond donors (Lipinski definition) is 1. The smallest absolute Gasteiger partial charge is 0.242 e. The van der Waals surface area contributed by atoms with Crippen LogP contribution in [0, 0.1) is 11.3 Å². The van der Waals surface area contributed by atoms with E-state index in [2.05, 4.69) is 5.32 Å². The van der Waals surface area contributed by atoms with E-state index in [1.165, 1.54) is 20.1 Å². The highest BCUT2D eigenvalue weighted by Gasteiger charge is 2.27. The SMILES string of the molecule is COCCS(=O)(=O)C(C)C(=O)Nc1cccc(C#N)c1. The average Bonchev–Trinajstić information content (AvgIpc) is 2.44. The number of carbonyl (C=O) groups is 1. The lowest BCUT2D eigenvalue weighted by atomic mass is 10.2. The predicted molar refractivity (Wildman–Crippen MR) is 74.9 cm³/mol. The Morgan fingerprint density at radius 3 is 2.80 bits per heavy atom. The Balaban J connectivity index is 2.78. The number of anilines is 1. The first-order valence-corrected chi connectivity index (χ1v) is 7.64. The van der Waals surface area contributed by atoms with Crippen LogP contribution in [0.1, 0.15) is 12.5 Å². The number of ether oxygens (including phenoxy) is 1. The fourth-order valence-corrected chi connectivity index (χ4v) is 2.59. The summed E-state index contributed by atoms with van der Waals surface area (Å²) in [6, 6.07) is 8.21. The largest absolute Gasteiger partial charge is 0.384 e. The van der Waals surface area contributed by atoms with Crippen molar-refractivity contribution in [1.82, 2.24) is 0 Å². The molecule has 1 unspecified atom stereocenters. The van der Waals surface area contributed by atoms with Crippen LogP contribution in [0.5, 0.6) is 0 Å². The van der Waals surface area contributed by atoms with Crippen molar-refractivity contribution in [3.8, 4) is 6.07 Å². The van der Waals surface area contributed by atoms with E-state index in [-0.39, 0.29) is 12.4 Å². The Labute approximate surface area is 118 Å². The normalized spacial score (nSPS) is 12.4. The fraction of sp³-hybridized carbons (Fsp3) is 0.385. The first-order valence-electron chi connectivity index (χ1n) is 5.92. The van der Waals surface area contributed by atoms with Crippen molar-refractivity contribution in [3.05, 3.63) is 29.8 Å². The summed E-state index contributed by atoms with van der Waals surface area (Å²) in [4.78, 5) is 11.9. The first kappa shape index (κ1) is 16.1. The molecule has 0 radical (unpaired) electrons. The van der Waals surface area contributed by atoms with E-state index in [4.69, 9.17) is 10.00 Å². The van der Waals surface area contributed by atoms with E-state index in [1.807, 2.05) is 6.07 Å². The lowest BCUT2D eigenvalue weighted by Crippen LogP contribution is -2.35. The number of amides is 1. The standard InChI is InChI=1S/C13H16N2O4S/c1-10(20(17,18)7-6-19-2)13(16)15-12-5-3-4-11(8-12)9-14/h3-5,8,10H,6-7H2,1-2H3,(H,15,16). The van der Waals surface area contributed by atoms with Gasteiger partial charge in [0.1, 0.15) is 5.25 Å². The van der Waals surface area contributed by atoms with E-state index in [0.29, 0.717) is 11.3 Å². The molecular weight excluding hydrogens is 280 g/mol. The number of nitriles is 1. The van der Waals surface area contributed by atoms with Gasteiger partial charge in [0, 0.05) is 12.8 Å². The molecule has 1 rings (SSSR count). The van der Waals surface area contributed by atoms with Gasteiger partial charge in [-0.15, -0.1) is 0 Å². The van der Waals surface area contributed by atoms with Crippen LogP contribution in [-0.4, -0.2) is 39.0 Å². The van der Waals surface area contributed by atoms with Gasteiger partial charge < -0.3 is 10.1 Å². The van der Waals surface area contributed by atoms with Crippen LogP contribution in [0.4, 0.5) is 5.69 Å². The van der Waals surface area contributed by atoms with Crippen molar-refractivity contribution in [2.24, 2.45) is 0 Å². The van der Waals surface area contributed by atoms with E-state index in [0.717, 1.165) is 0 Å². The third-order valence-corrected chi connectivity index (χ3v) is 4.77. The van der Waals surface area contributed by atoms with E-state index in [1.54, 1.807) is 18.2 Å². The zero-order valence-corrected chi connectivity index (χ0v) is 12.1. The maximum absolute atomic E-state index is 11.9. The highest BCUT2D eigenvalue weighted by molar-refractivity contribution is 7.92. The van der Waals surface area contributed by atoms with E-state index in [9.17, 15) is 13.2 Å². The topological polar surface area (TPSA) is 96.3 Å². The van der Waals surface area contributed by atoms with Crippen LogP contribution in [0.15, 0.2) is 24.3 Å². The maximum atomic E-state index is 11.9. The van der Waals surface area contributed by atoms with Gasteiger partial charge in [-0.1, -0.05) is 6.07 Å². The summed E-state index contributed by atoms with van der Waals surface area (Å²) in [5.41, 5.74) is 0.778. The van der Waals surface area contributed by atoms with Crippen LogP contribution in [-0.2, 0) is 19.4 Å². The summed E-state index contributed by atoms with van der Waals surface area (Å²) in [6.07, 6.45) is 0. The number of benzene rings is 1. The zero-order chi connectivity index (χ0) is 15.2. The quantitative estimate of drug-likeness (QED) is 0.843. The molecule has 20 heavy (non-hydrogen) atoms. The van der Waals surface area contributed by atoms with E-state index < -0.39 is 21.0 Å². The molecule has 0 aliphatic rings. The summed E-state index contributed by atoms with van der Waals surface area (Å²) in [7, 11) is -2.16. The van der Waals surface area contributed by atoms with Crippen LogP contribution in [0.3, 0.4) is 0 Å². The lowest BCUT2D eigenvalue weighted by molar-refractivity contribution is -0.115. The van der Waals surface area contributed by atoms with Gasteiger partial charge >= 0.3 is 0 Å². The number of methoxy groups -OCH3 is 1. The van der Waals surface area contributed by atoms with Crippen molar-refractivity contribution in [3.63, 3.8) is 0 Å². The molecule has 0 aliphatic carbocycles. The number of rotatable bonds is 6. The molecule has 1 N–H and O–H groups in total. The predicted octanol–water partition coefficient (Wildman–Crippen LogP) is 0.946. The Bertz CT molecular complexity index is 620.